The third kappa shape index (κ3) is 3.61. The molecular weight excluding hydrogens is 276 g/mol. The monoisotopic (exact) mass is 290 g/mol. The molecule has 2 aromatic heterocycles. The van der Waals surface area contributed by atoms with Crippen molar-refractivity contribution in [1.82, 2.24) is 9.97 Å². The first kappa shape index (κ1) is 14.1. The predicted octanol–water partition coefficient (Wildman–Crippen LogP) is 2.55. The number of aromatic nitrogens is 2. The van der Waals surface area contributed by atoms with Crippen LogP contribution in [0, 0.1) is 0 Å². The summed E-state index contributed by atoms with van der Waals surface area (Å²) < 4.78 is 4.87. The summed E-state index contributed by atoms with van der Waals surface area (Å²) in [6, 6.07) is 3.73. The van der Waals surface area contributed by atoms with E-state index < -0.39 is 5.97 Å². The van der Waals surface area contributed by atoms with E-state index in [9.17, 15) is 4.79 Å². The van der Waals surface area contributed by atoms with Gasteiger partial charge in [0.2, 0.25) is 5.13 Å². The largest absolute Gasteiger partial charge is 0.461 e. The molecule has 2 aromatic rings. The molecule has 1 N–H and O–H groups in total. The summed E-state index contributed by atoms with van der Waals surface area (Å²) in [6.45, 7) is 3.96. The fourth-order valence-electron chi connectivity index (χ4n) is 1.41. The van der Waals surface area contributed by atoms with Gasteiger partial charge in [-0.3, -0.25) is 10.4 Å². The second-order valence-corrected chi connectivity index (χ2v) is 4.66. The quantitative estimate of drug-likeness (QED) is 0.520. The maximum absolute atomic E-state index is 11.5. The van der Waals surface area contributed by atoms with Crippen molar-refractivity contribution in [1.29, 1.82) is 0 Å². The number of nitrogens with zero attached hydrogens (tertiary/aromatic N) is 3. The minimum absolute atomic E-state index is 0.288. The Hall–Kier alpha value is -2.28. The Balaban J connectivity index is 2.02. The van der Waals surface area contributed by atoms with Crippen LogP contribution >= 0.6 is 11.3 Å². The van der Waals surface area contributed by atoms with Gasteiger partial charge in [-0.1, -0.05) is 0 Å². The topological polar surface area (TPSA) is 76.5 Å². The number of thiazole rings is 1. The van der Waals surface area contributed by atoms with Gasteiger partial charge in [-0.05, 0) is 26.0 Å². The minimum atomic E-state index is -0.424. The van der Waals surface area contributed by atoms with Crippen molar-refractivity contribution in [3.05, 3.63) is 41.2 Å². The summed E-state index contributed by atoms with van der Waals surface area (Å²) in [5.74, 6) is -0.424. The van der Waals surface area contributed by atoms with Crippen LogP contribution < -0.4 is 5.43 Å². The highest BCUT2D eigenvalue weighted by atomic mass is 32.1. The minimum Gasteiger partial charge on any atom is -0.461 e. The number of esters is 1. The van der Waals surface area contributed by atoms with E-state index in [-0.39, 0.29) is 5.69 Å². The van der Waals surface area contributed by atoms with Crippen molar-refractivity contribution >= 4 is 28.1 Å². The lowest BCUT2D eigenvalue weighted by molar-refractivity contribution is 0.0520. The Morgan fingerprint density at radius 2 is 2.20 bits per heavy atom. The van der Waals surface area contributed by atoms with Gasteiger partial charge in [-0.25, -0.2) is 9.78 Å². The van der Waals surface area contributed by atoms with E-state index in [1.807, 2.05) is 19.1 Å². The first-order valence-corrected chi connectivity index (χ1v) is 6.92. The fourth-order valence-corrected chi connectivity index (χ4v) is 2.03. The first-order valence-electron chi connectivity index (χ1n) is 6.04. The van der Waals surface area contributed by atoms with Gasteiger partial charge >= 0.3 is 5.97 Å². The van der Waals surface area contributed by atoms with Gasteiger partial charge in [0.1, 0.15) is 0 Å². The summed E-state index contributed by atoms with van der Waals surface area (Å²) in [5, 5.41) is 6.40. The van der Waals surface area contributed by atoms with Crippen molar-refractivity contribution in [2.75, 3.05) is 12.0 Å². The number of rotatable bonds is 5. The van der Waals surface area contributed by atoms with E-state index >= 15 is 0 Å². The maximum Gasteiger partial charge on any atom is 0.357 e. The van der Waals surface area contributed by atoms with Crippen LogP contribution in [-0.4, -0.2) is 28.3 Å². The zero-order valence-electron chi connectivity index (χ0n) is 11.2. The predicted molar refractivity (Wildman–Crippen MR) is 78.1 cm³/mol. The number of pyridine rings is 1. The number of hydrazone groups is 1. The zero-order valence-corrected chi connectivity index (χ0v) is 12.0. The lowest BCUT2D eigenvalue weighted by atomic mass is 10.2. The number of hydrogen-bond acceptors (Lipinski definition) is 7. The molecule has 2 rings (SSSR count). The summed E-state index contributed by atoms with van der Waals surface area (Å²) in [6.07, 6.45) is 3.41. The van der Waals surface area contributed by atoms with Crippen molar-refractivity contribution in [2.24, 2.45) is 5.10 Å². The highest BCUT2D eigenvalue weighted by Crippen LogP contribution is 2.16. The molecule has 0 fully saturated rings. The van der Waals surface area contributed by atoms with Gasteiger partial charge in [-0.15, -0.1) is 11.3 Å². The molecule has 7 heteroatoms. The molecule has 0 atom stereocenters. The van der Waals surface area contributed by atoms with Crippen LogP contribution in [0.2, 0.25) is 0 Å². The SMILES string of the molecule is CCOC(=O)c1csc(N/N=C(/C)c2ccncc2)n1. The van der Waals surface area contributed by atoms with Crippen LogP contribution in [0.4, 0.5) is 5.13 Å². The molecule has 0 amide bonds. The number of carbonyl (C=O) groups is 1. The Kier molecular flexibility index (Phi) is 4.78. The summed E-state index contributed by atoms with van der Waals surface area (Å²) in [4.78, 5) is 19.5. The van der Waals surface area contributed by atoms with E-state index in [0.29, 0.717) is 11.7 Å². The molecule has 0 unspecified atom stereocenters. The van der Waals surface area contributed by atoms with Crippen molar-refractivity contribution in [3.8, 4) is 0 Å². The molecule has 0 aliphatic heterocycles. The van der Waals surface area contributed by atoms with Gasteiger partial charge in [0.25, 0.3) is 0 Å². The third-order valence-corrected chi connectivity index (χ3v) is 3.15. The number of hydrogen-bond donors (Lipinski definition) is 1. The smallest absolute Gasteiger partial charge is 0.357 e. The summed E-state index contributed by atoms with van der Waals surface area (Å²) in [5.41, 5.74) is 4.89. The molecule has 0 aliphatic rings. The van der Waals surface area contributed by atoms with E-state index in [1.54, 1.807) is 24.7 Å². The van der Waals surface area contributed by atoms with E-state index in [4.69, 9.17) is 4.74 Å². The molecule has 0 saturated carbocycles. The van der Waals surface area contributed by atoms with Crippen LogP contribution in [-0.2, 0) is 4.74 Å². The molecule has 0 aromatic carbocycles. The third-order valence-electron chi connectivity index (χ3n) is 2.41. The van der Waals surface area contributed by atoms with Gasteiger partial charge in [-0.2, -0.15) is 5.10 Å². The normalized spacial score (nSPS) is 11.2. The van der Waals surface area contributed by atoms with Crippen LogP contribution in [0.5, 0.6) is 0 Å². The molecule has 104 valence electrons. The molecular formula is C13H14N4O2S. The summed E-state index contributed by atoms with van der Waals surface area (Å²) in [7, 11) is 0. The van der Waals surface area contributed by atoms with Crippen molar-refractivity contribution in [2.45, 2.75) is 13.8 Å². The van der Waals surface area contributed by atoms with Crippen LogP contribution in [0.3, 0.4) is 0 Å². The van der Waals surface area contributed by atoms with Gasteiger partial charge in [0.05, 0.1) is 12.3 Å². The average molecular weight is 290 g/mol. The van der Waals surface area contributed by atoms with Gasteiger partial charge < -0.3 is 4.74 Å². The van der Waals surface area contributed by atoms with Gasteiger partial charge in [0.15, 0.2) is 5.69 Å². The van der Waals surface area contributed by atoms with Crippen molar-refractivity contribution < 1.29 is 9.53 Å². The van der Waals surface area contributed by atoms with Crippen molar-refractivity contribution in [3.63, 3.8) is 0 Å². The Labute approximate surface area is 120 Å². The highest BCUT2D eigenvalue weighted by molar-refractivity contribution is 7.13. The second-order valence-electron chi connectivity index (χ2n) is 3.80. The Morgan fingerprint density at radius 3 is 2.90 bits per heavy atom. The Morgan fingerprint density at radius 1 is 1.45 bits per heavy atom. The Bertz CT molecular complexity index is 610. The molecule has 0 radical (unpaired) electrons. The lowest BCUT2D eigenvalue weighted by Crippen LogP contribution is -2.05. The van der Waals surface area contributed by atoms with E-state index in [2.05, 4.69) is 20.5 Å². The van der Waals surface area contributed by atoms with Crippen LogP contribution in [0.1, 0.15) is 29.9 Å². The van der Waals surface area contributed by atoms with E-state index in [1.165, 1.54) is 11.3 Å². The molecule has 2 heterocycles. The van der Waals surface area contributed by atoms with Crippen LogP contribution in [0.25, 0.3) is 0 Å². The molecule has 0 spiro atoms. The fraction of sp³-hybridized carbons (Fsp3) is 0.231. The number of ether oxygens (including phenoxy) is 1. The number of carbonyl (C=O) groups excluding carboxylic acids is 1. The summed E-state index contributed by atoms with van der Waals surface area (Å²) >= 11 is 1.30. The number of anilines is 1. The molecule has 6 nitrogen and oxygen atoms in total. The molecule has 0 saturated heterocycles. The standard InChI is InChI=1S/C13H14N4O2S/c1-3-19-12(18)11-8-20-13(15-11)17-16-9(2)10-4-6-14-7-5-10/h4-8H,3H2,1-2H3,(H,15,17)/b16-9-. The molecule has 0 aliphatic carbocycles. The lowest BCUT2D eigenvalue weighted by Gasteiger charge is -2.00. The second kappa shape index (κ2) is 6.76. The van der Waals surface area contributed by atoms with Crippen LogP contribution in [0.15, 0.2) is 35.0 Å². The highest BCUT2D eigenvalue weighted by Gasteiger charge is 2.11. The zero-order chi connectivity index (χ0) is 14.4. The maximum atomic E-state index is 11.5. The van der Waals surface area contributed by atoms with E-state index in [0.717, 1.165) is 11.3 Å². The first-order chi connectivity index (χ1) is 9.70. The average Bonchev–Trinajstić information content (AvgIpc) is 2.95. The van der Waals surface area contributed by atoms with Gasteiger partial charge in [0, 0.05) is 23.3 Å². The molecule has 0 bridgehead atoms. The number of nitrogens with one attached hydrogen (secondary N) is 1. The molecule has 20 heavy (non-hydrogen) atoms.